The molecule has 2 rings (SSSR count). The van der Waals surface area contributed by atoms with Crippen molar-refractivity contribution in [2.75, 3.05) is 33.4 Å². The average molecular weight is 263 g/mol. The summed E-state index contributed by atoms with van der Waals surface area (Å²) in [7, 11) is 2.14. The summed E-state index contributed by atoms with van der Waals surface area (Å²) in [5.74, 6) is 0.952. The summed E-state index contributed by atoms with van der Waals surface area (Å²) in [6.45, 7) is 5.69. The van der Waals surface area contributed by atoms with Gasteiger partial charge in [-0.25, -0.2) is 0 Å². The van der Waals surface area contributed by atoms with Crippen molar-refractivity contribution in [3.8, 4) is 5.75 Å². The summed E-state index contributed by atoms with van der Waals surface area (Å²) in [5.41, 5.74) is 1.26. The minimum Gasteiger partial charge on any atom is -0.492 e. The van der Waals surface area contributed by atoms with Crippen LogP contribution in [0.5, 0.6) is 5.75 Å². The topological polar surface area (TPSA) is 21.7 Å². The van der Waals surface area contributed by atoms with Gasteiger partial charge in [0.2, 0.25) is 0 Å². The highest BCUT2D eigenvalue weighted by Gasteiger charge is 2.15. The van der Waals surface area contributed by atoms with Crippen molar-refractivity contribution in [3.05, 3.63) is 29.8 Å². The molecule has 1 saturated heterocycles. The van der Waals surface area contributed by atoms with Crippen LogP contribution in [0.2, 0.25) is 0 Å². The first-order valence-electron chi connectivity index (χ1n) is 7.23. The Labute approximate surface area is 116 Å². The van der Waals surface area contributed by atoms with E-state index in [1.165, 1.54) is 24.8 Å². The molecule has 0 bridgehead atoms. The monoisotopic (exact) mass is 263 g/mol. The van der Waals surface area contributed by atoms with Gasteiger partial charge in [-0.15, -0.1) is 0 Å². The maximum Gasteiger partial charge on any atom is 0.119 e. The molecule has 1 aliphatic heterocycles. The Hall–Kier alpha value is -1.06. The third kappa shape index (κ3) is 5.21. The summed E-state index contributed by atoms with van der Waals surface area (Å²) < 4.78 is 11.5. The predicted molar refractivity (Wildman–Crippen MR) is 77.8 cm³/mol. The van der Waals surface area contributed by atoms with Gasteiger partial charge in [0.25, 0.3) is 0 Å². The van der Waals surface area contributed by atoms with E-state index < -0.39 is 0 Å². The van der Waals surface area contributed by atoms with E-state index in [1.54, 1.807) is 0 Å². The minimum absolute atomic E-state index is 0.415. The fraction of sp³-hybridized carbons (Fsp3) is 0.625. The largest absolute Gasteiger partial charge is 0.492 e. The van der Waals surface area contributed by atoms with Gasteiger partial charge in [0.1, 0.15) is 12.4 Å². The van der Waals surface area contributed by atoms with Crippen LogP contribution in [0.25, 0.3) is 0 Å². The first kappa shape index (κ1) is 14.4. The van der Waals surface area contributed by atoms with Crippen LogP contribution >= 0.6 is 0 Å². The fourth-order valence-electron chi connectivity index (χ4n) is 2.34. The number of hydrogen-bond acceptors (Lipinski definition) is 3. The normalized spacial score (nSPS) is 19.6. The summed E-state index contributed by atoms with van der Waals surface area (Å²) in [6, 6.07) is 8.21. The van der Waals surface area contributed by atoms with Crippen LogP contribution in [0.4, 0.5) is 0 Å². The third-order valence-corrected chi connectivity index (χ3v) is 3.55. The molecule has 0 N–H and O–H groups in total. The Bertz CT molecular complexity index is 358. The van der Waals surface area contributed by atoms with Gasteiger partial charge in [0.15, 0.2) is 0 Å². The molecule has 3 nitrogen and oxygen atoms in total. The van der Waals surface area contributed by atoms with Gasteiger partial charge in [-0.3, -0.25) is 0 Å². The first-order valence-corrected chi connectivity index (χ1v) is 7.23. The van der Waals surface area contributed by atoms with Crippen molar-refractivity contribution in [3.63, 3.8) is 0 Å². The highest BCUT2D eigenvalue weighted by Crippen LogP contribution is 2.14. The second-order valence-electron chi connectivity index (χ2n) is 5.41. The van der Waals surface area contributed by atoms with Gasteiger partial charge in [-0.2, -0.15) is 0 Å². The molecule has 1 atom stereocenters. The zero-order valence-corrected chi connectivity index (χ0v) is 12.1. The quantitative estimate of drug-likeness (QED) is 0.787. The molecule has 19 heavy (non-hydrogen) atoms. The van der Waals surface area contributed by atoms with Gasteiger partial charge in [0.05, 0.1) is 6.10 Å². The maximum absolute atomic E-state index is 5.74. The molecule has 1 fully saturated rings. The number of aryl methyl sites for hydroxylation is 1. The Morgan fingerprint density at radius 2 is 2.05 bits per heavy atom. The molecule has 3 heteroatoms. The zero-order chi connectivity index (χ0) is 13.5. The lowest BCUT2D eigenvalue weighted by atomic mass is 10.1. The van der Waals surface area contributed by atoms with Crippen LogP contribution in [-0.2, 0) is 4.74 Å². The molecule has 1 heterocycles. The summed E-state index contributed by atoms with van der Waals surface area (Å²) in [6.07, 6.45) is 4.14. The molecule has 106 valence electrons. The Balaban J connectivity index is 1.63. The molecule has 0 saturated carbocycles. The SMILES string of the molecule is Cc1ccc(OCCN(C)CC2CCCCO2)cc1. The Morgan fingerprint density at radius 1 is 1.26 bits per heavy atom. The van der Waals surface area contributed by atoms with E-state index in [0.29, 0.717) is 6.10 Å². The van der Waals surface area contributed by atoms with Gasteiger partial charge in [0, 0.05) is 19.7 Å². The molecule has 0 aromatic heterocycles. The smallest absolute Gasteiger partial charge is 0.119 e. The number of hydrogen-bond donors (Lipinski definition) is 0. The van der Waals surface area contributed by atoms with E-state index in [0.717, 1.165) is 32.1 Å². The van der Waals surface area contributed by atoms with Crippen LogP contribution in [0.1, 0.15) is 24.8 Å². The number of benzene rings is 1. The van der Waals surface area contributed by atoms with E-state index in [9.17, 15) is 0 Å². The van der Waals surface area contributed by atoms with Crippen molar-refractivity contribution < 1.29 is 9.47 Å². The van der Waals surface area contributed by atoms with E-state index >= 15 is 0 Å². The van der Waals surface area contributed by atoms with Gasteiger partial charge >= 0.3 is 0 Å². The highest BCUT2D eigenvalue weighted by atomic mass is 16.5. The van der Waals surface area contributed by atoms with Crippen molar-refractivity contribution in [1.29, 1.82) is 0 Å². The molecule has 0 amide bonds. The molecule has 0 aliphatic carbocycles. The standard InChI is InChI=1S/C16H25NO2/c1-14-6-8-15(9-7-14)19-12-10-17(2)13-16-5-3-4-11-18-16/h6-9,16H,3-5,10-13H2,1-2H3. The van der Waals surface area contributed by atoms with Crippen LogP contribution in [-0.4, -0.2) is 44.4 Å². The van der Waals surface area contributed by atoms with E-state index in [-0.39, 0.29) is 0 Å². The van der Waals surface area contributed by atoms with E-state index in [4.69, 9.17) is 9.47 Å². The fourth-order valence-corrected chi connectivity index (χ4v) is 2.34. The zero-order valence-electron chi connectivity index (χ0n) is 12.1. The van der Waals surface area contributed by atoms with Crippen LogP contribution in [0.15, 0.2) is 24.3 Å². The van der Waals surface area contributed by atoms with Crippen molar-refractivity contribution in [2.45, 2.75) is 32.3 Å². The molecule has 1 aromatic carbocycles. The van der Waals surface area contributed by atoms with Gasteiger partial charge < -0.3 is 14.4 Å². The summed E-state index contributed by atoms with van der Waals surface area (Å²) >= 11 is 0. The number of rotatable bonds is 6. The van der Waals surface area contributed by atoms with Gasteiger partial charge in [-0.05, 0) is 45.4 Å². The predicted octanol–water partition coefficient (Wildman–Crippen LogP) is 2.87. The number of likely N-dealkylation sites (N-methyl/N-ethyl adjacent to an activating group) is 1. The average Bonchev–Trinajstić information content (AvgIpc) is 2.42. The maximum atomic E-state index is 5.74. The van der Waals surface area contributed by atoms with E-state index in [1.807, 2.05) is 12.1 Å². The molecule has 0 spiro atoms. The number of ether oxygens (including phenoxy) is 2. The van der Waals surface area contributed by atoms with Crippen molar-refractivity contribution in [1.82, 2.24) is 4.90 Å². The molecular formula is C16H25NO2. The lowest BCUT2D eigenvalue weighted by Crippen LogP contribution is -2.35. The third-order valence-electron chi connectivity index (χ3n) is 3.55. The highest BCUT2D eigenvalue weighted by molar-refractivity contribution is 5.26. The van der Waals surface area contributed by atoms with Crippen molar-refractivity contribution in [2.24, 2.45) is 0 Å². The van der Waals surface area contributed by atoms with Crippen molar-refractivity contribution >= 4 is 0 Å². The van der Waals surface area contributed by atoms with Gasteiger partial charge in [-0.1, -0.05) is 17.7 Å². The molecule has 1 unspecified atom stereocenters. The Kier molecular flexibility index (Phi) is 5.67. The first-order chi connectivity index (χ1) is 9.24. The van der Waals surface area contributed by atoms with E-state index in [2.05, 4.69) is 31.0 Å². The second kappa shape index (κ2) is 7.51. The lowest BCUT2D eigenvalue weighted by molar-refractivity contribution is -0.00282. The minimum atomic E-state index is 0.415. The molecule has 1 aliphatic rings. The summed E-state index contributed by atoms with van der Waals surface area (Å²) in [5, 5.41) is 0. The second-order valence-corrected chi connectivity index (χ2v) is 5.41. The number of nitrogens with zero attached hydrogens (tertiary/aromatic N) is 1. The molecule has 1 aromatic rings. The molecule has 0 radical (unpaired) electrons. The van der Waals surface area contributed by atoms with Crippen LogP contribution in [0.3, 0.4) is 0 Å². The molecular weight excluding hydrogens is 238 g/mol. The summed E-state index contributed by atoms with van der Waals surface area (Å²) in [4.78, 5) is 2.30. The lowest BCUT2D eigenvalue weighted by Gasteiger charge is -2.27. The van der Waals surface area contributed by atoms with Crippen LogP contribution in [0, 0.1) is 6.92 Å². The Morgan fingerprint density at radius 3 is 2.74 bits per heavy atom. The van der Waals surface area contributed by atoms with Crippen LogP contribution < -0.4 is 4.74 Å².